The van der Waals surface area contributed by atoms with Crippen LogP contribution in [0.25, 0.3) is 0 Å². The van der Waals surface area contributed by atoms with Gasteiger partial charge in [-0.1, -0.05) is 11.6 Å². The van der Waals surface area contributed by atoms with Gasteiger partial charge in [-0.15, -0.1) is 0 Å². The summed E-state index contributed by atoms with van der Waals surface area (Å²) in [4.78, 5) is 26.2. The van der Waals surface area contributed by atoms with Crippen molar-refractivity contribution in [3.8, 4) is 0 Å². The molecule has 0 radical (unpaired) electrons. The Morgan fingerprint density at radius 2 is 2.25 bits per heavy atom. The van der Waals surface area contributed by atoms with Gasteiger partial charge in [0.1, 0.15) is 11.2 Å². The largest absolute Gasteiger partial charge is 0.368 e. The van der Waals surface area contributed by atoms with Gasteiger partial charge in [0.2, 0.25) is 5.91 Å². The minimum absolute atomic E-state index is 0.0670. The molecule has 0 aliphatic heterocycles. The number of aromatic nitrogens is 1. The van der Waals surface area contributed by atoms with Crippen LogP contribution in [0.15, 0.2) is 16.7 Å². The van der Waals surface area contributed by atoms with Crippen molar-refractivity contribution in [2.45, 2.75) is 13.0 Å². The second-order valence-electron chi connectivity index (χ2n) is 3.09. The van der Waals surface area contributed by atoms with Crippen LogP contribution >= 0.6 is 27.5 Å². The summed E-state index contributed by atoms with van der Waals surface area (Å²) in [5.74, 6) is -1.11. The normalized spacial score (nSPS) is 11.9. The first-order chi connectivity index (χ1) is 7.41. The maximum Gasteiger partial charge on any atom is 0.255 e. The number of amides is 2. The minimum atomic E-state index is -0.762. The van der Waals surface area contributed by atoms with Crippen LogP contribution in [-0.2, 0) is 4.79 Å². The molecular formula is C9H9BrClN3O2. The van der Waals surface area contributed by atoms with Crippen molar-refractivity contribution in [2.24, 2.45) is 5.73 Å². The van der Waals surface area contributed by atoms with Crippen molar-refractivity contribution in [3.63, 3.8) is 0 Å². The molecule has 1 unspecified atom stereocenters. The van der Waals surface area contributed by atoms with Crippen molar-refractivity contribution < 1.29 is 9.59 Å². The number of nitrogens with one attached hydrogen (secondary N) is 1. The van der Waals surface area contributed by atoms with Gasteiger partial charge in [0.25, 0.3) is 5.91 Å². The molecule has 0 aromatic carbocycles. The van der Waals surface area contributed by atoms with E-state index in [2.05, 4.69) is 26.2 Å². The van der Waals surface area contributed by atoms with Crippen LogP contribution < -0.4 is 11.1 Å². The monoisotopic (exact) mass is 305 g/mol. The first-order valence-corrected chi connectivity index (χ1v) is 5.50. The van der Waals surface area contributed by atoms with E-state index in [1.54, 1.807) is 0 Å². The highest BCUT2D eigenvalue weighted by Crippen LogP contribution is 2.17. The van der Waals surface area contributed by atoms with E-state index in [0.29, 0.717) is 4.47 Å². The van der Waals surface area contributed by atoms with Crippen molar-refractivity contribution in [1.82, 2.24) is 10.3 Å². The fourth-order valence-electron chi connectivity index (χ4n) is 0.927. The lowest BCUT2D eigenvalue weighted by Gasteiger charge is -2.10. The zero-order valence-electron chi connectivity index (χ0n) is 8.33. The van der Waals surface area contributed by atoms with Crippen LogP contribution in [0.4, 0.5) is 0 Å². The summed E-state index contributed by atoms with van der Waals surface area (Å²) < 4.78 is 0.619. The lowest BCUT2D eigenvalue weighted by Crippen LogP contribution is -2.42. The van der Waals surface area contributed by atoms with Crippen molar-refractivity contribution >= 4 is 39.3 Å². The second kappa shape index (κ2) is 5.27. The number of pyridine rings is 1. The SMILES string of the molecule is CC(NC(=O)c1cc(Br)cnc1Cl)C(N)=O. The number of nitrogens with zero attached hydrogens (tertiary/aromatic N) is 1. The van der Waals surface area contributed by atoms with Gasteiger partial charge in [-0.05, 0) is 28.9 Å². The molecule has 5 nitrogen and oxygen atoms in total. The Balaban J connectivity index is 2.88. The van der Waals surface area contributed by atoms with Gasteiger partial charge in [-0.25, -0.2) is 4.98 Å². The number of hydrogen-bond acceptors (Lipinski definition) is 3. The molecule has 86 valence electrons. The smallest absolute Gasteiger partial charge is 0.255 e. The number of carbonyl (C=O) groups is 2. The summed E-state index contributed by atoms with van der Waals surface area (Å²) in [6.07, 6.45) is 1.47. The molecule has 1 atom stereocenters. The Kier molecular flexibility index (Phi) is 4.26. The maximum atomic E-state index is 11.7. The van der Waals surface area contributed by atoms with Gasteiger partial charge in [0.05, 0.1) is 5.56 Å². The number of carbonyl (C=O) groups excluding carboxylic acids is 2. The quantitative estimate of drug-likeness (QED) is 0.820. The zero-order valence-corrected chi connectivity index (χ0v) is 10.7. The Morgan fingerprint density at radius 3 is 2.81 bits per heavy atom. The average molecular weight is 307 g/mol. The topological polar surface area (TPSA) is 85.1 Å². The second-order valence-corrected chi connectivity index (χ2v) is 4.36. The van der Waals surface area contributed by atoms with E-state index < -0.39 is 17.9 Å². The Hall–Kier alpha value is -1.14. The van der Waals surface area contributed by atoms with Gasteiger partial charge >= 0.3 is 0 Å². The molecule has 3 N–H and O–H groups in total. The van der Waals surface area contributed by atoms with Crippen LogP contribution in [0.3, 0.4) is 0 Å². The lowest BCUT2D eigenvalue weighted by molar-refractivity contribution is -0.119. The molecule has 0 saturated carbocycles. The van der Waals surface area contributed by atoms with Crippen LogP contribution in [0.2, 0.25) is 5.15 Å². The van der Waals surface area contributed by atoms with E-state index in [4.69, 9.17) is 17.3 Å². The molecule has 0 aliphatic carbocycles. The number of hydrogen-bond donors (Lipinski definition) is 2. The van der Waals surface area contributed by atoms with Gasteiger partial charge in [-0.3, -0.25) is 9.59 Å². The Bertz CT molecular complexity index is 439. The van der Waals surface area contributed by atoms with E-state index in [1.807, 2.05) is 0 Å². The van der Waals surface area contributed by atoms with Crippen LogP contribution in [-0.4, -0.2) is 22.8 Å². The molecule has 1 heterocycles. The molecule has 2 amide bonds. The van der Waals surface area contributed by atoms with Gasteiger partial charge < -0.3 is 11.1 Å². The molecule has 0 aliphatic rings. The fraction of sp³-hybridized carbons (Fsp3) is 0.222. The van der Waals surface area contributed by atoms with Gasteiger partial charge in [0.15, 0.2) is 0 Å². The van der Waals surface area contributed by atoms with Crippen LogP contribution in [0.1, 0.15) is 17.3 Å². The zero-order chi connectivity index (χ0) is 12.3. The molecule has 0 spiro atoms. The van der Waals surface area contributed by atoms with Crippen LogP contribution in [0, 0.1) is 0 Å². The summed E-state index contributed by atoms with van der Waals surface area (Å²) >= 11 is 8.91. The van der Waals surface area contributed by atoms with E-state index in [1.165, 1.54) is 19.2 Å². The number of rotatable bonds is 3. The van der Waals surface area contributed by atoms with Gasteiger partial charge in [0, 0.05) is 10.7 Å². The molecule has 0 fully saturated rings. The fourth-order valence-corrected chi connectivity index (χ4v) is 1.45. The minimum Gasteiger partial charge on any atom is -0.368 e. The molecule has 1 aromatic rings. The summed E-state index contributed by atoms with van der Waals surface area (Å²) in [6.45, 7) is 1.49. The third-order valence-electron chi connectivity index (χ3n) is 1.82. The van der Waals surface area contributed by atoms with Crippen molar-refractivity contribution in [1.29, 1.82) is 0 Å². The number of halogens is 2. The third kappa shape index (κ3) is 3.18. The summed E-state index contributed by atoms with van der Waals surface area (Å²) in [7, 11) is 0. The lowest BCUT2D eigenvalue weighted by atomic mass is 10.2. The van der Waals surface area contributed by atoms with Crippen molar-refractivity contribution in [2.75, 3.05) is 0 Å². The van der Waals surface area contributed by atoms with E-state index in [-0.39, 0.29) is 10.7 Å². The Morgan fingerprint density at radius 1 is 1.62 bits per heavy atom. The number of primary amides is 1. The molecular weight excluding hydrogens is 297 g/mol. The summed E-state index contributed by atoms with van der Waals surface area (Å²) in [5, 5.41) is 2.47. The highest BCUT2D eigenvalue weighted by Gasteiger charge is 2.16. The molecule has 16 heavy (non-hydrogen) atoms. The van der Waals surface area contributed by atoms with E-state index >= 15 is 0 Å². The third-order valence-corrected chi connectivity index (χ3v) is 2.56. The predicted molar refractivity (Wildman–Crippen MR) is 63.1 cm³/mol. The molecule has 0 bridgehead atoms. The van der Waals surface area contributed by atoms with Crippen molar-refractivity contribution in [3.05, 3.63) is 27.5 Å². The molecule has 0 saturated heterocycles. The number of nitrogens with two attached hydrogens (primary N) is 1. The van der Waals surface area contributed by atoms with Gasteiger partial charge in [-0.2, -0.15) is 0 Å². The first kappa shape index (κ1) is 12.9. The highest BCUT2D eigenvalue weighted by atomic mass is 79.9. The Labute approximate surface area is 105 Å². The van der Waals surface area contributed by atoms with E-state index in [9.17, 15) is 9.59 Å². The molecule has 1 rings (SSSR count). The first-order valence-electron chi connectivity index (χ1n) is 4.33. The maximum absolute atomic E-state index is 11.7. The summed E-state index contributed by atoms with van der Waals surface area (Å²) in [6, 6.07) is 0.751. The highest BCUT2D eigenvalue weighted by molar-refractivity contribution is 9.10. The average Bonchev–Trinajstić information content (AvgIpc) is 2.21. The molecule has 1 aromatic heterocycles. The molecule has 7 heteroatoms. The standard InChI is InChI=1S/C9H9BrClN3O2/c1-4(8(12)15)14-9(16)6-2-5(10)3-13-7(6)11/h2-4H,1H3,(H2,12,15)(H,14,16). The van der Waals surface area contributed by atoms with Crippen LogP contribution in [0.5, 0.6) is 0 Å². The van der Waals surface area contributed by atoms with E-state index in [0.717, 1.165) is 0 Å². The predicted octanol–water partition coefficient (Wildman–Crippen LogP) is 1.10. The summed E-state index contributed by atoms with van der Waals surface area (Å²) in [5.41, 5.74) is 5.20.